The lowest BCUT2D eigenvalue weighted by Crippen LogP contribution is -2.20. The molecule has 2 N–H and O–H groups in total. The number of methoxy groups -OCH3 is 1. The zero-order chi connectivity index (χ0) is 21.2. The molecule has 0 aliphatic carbocycles. The zero-order valence-corrected chi connectivity index (χ0v) is 17.3. The standard InChI is InChI=1S/C23H28N2O4/c1-5-29-21-14-17(8-12-20(21)28-4)9-13-22(26)24-15-18-6-10-19(11-7-18)25-23(27)16(2)3/h6-14,16H,5,15H2,1-4H3,(H,24,26)(H,25,27)/b13-9+. The third-order valence-electron chi connectivity index (χ3n) is 4.13. The van der Waals surface area contributed by atoms with Crippen LogP contribution in [0.3, 0.4) is 0 Å². The Kier molecular flexibility index (Phi) is 8.27. The molecule has 0 unspecified atom stereocenters. The fourth-order valence-corrected chi connectivity index (χ4v) is 2.48. The first-order valence-corrected chi connectivity index (χ1v) is 9.59. The maximum Gasteiger partial charge on any atom is 0.244 e. The van der Waals surface area contributed by atoms with Gasteiger partial charge in [-0.15, -0.1) is 0 Å². The van der Waals surface area contributed by atoms with Gasteiger partial charge in [-0.3, -0.25) is 9.59 Å². The summed E-state index contributed by atoms with van der Waals surface area (Å²) in [5.74, 6) is 0.998. The van der Waals surface area contributed by atoms with Gasteiger partial charge in [-0.1, -0.05) is 32.0 Å². The Morgan fingerprint density at radius 2 is 1.79 bits per heavy atom. The van der Waals surface area contributed by atoms with Crippen LogP contribution in [0.5, 0.6) is 11.5 Å². The van der Waals surface area contributed by atoms with E-state index in [0.29, 0.717) is 24.7 Å². The molecule has 2 aromatic rings. The second-order valence-corrected chi connectivity index (χ2v) is 6.74. The molecule has 0 fully saturated rings. The minimum absolute atomic E-state index is 0.0257. The summed E-state index contributed by atoms with van der Waals surface area (Å²) in [7, 11) is 1.59. The molecule has 0 radical (unpaired) electrons. The number of amides is 2. The largest absolute Gasteiger partial charge is 0.493 e. The van der Waals surface area contributed by atoms with E-state index >= 15 is 0 Å². The summed E-state index contributed by atoms with van der Waals surface area (Å²) in [4.78, 5) is 23.8. The highest BCUT2D eigenvalue weighted by Crippen LogP contribution is 2.28. The lowest BCUT2D eigenvalue weighted by Gasteiger charge is -2.09. The Bertz CT molecular complexity index is 858. The minimum atomic E-state index is -0.198. The summed E-state index contributed by atoms with van der Waals surface area (Å²) >= 11 is 0. The van der Waals surface area contributed by atoms with Crippen LogP contribution in [-0.4, -0.2) is 25.5 Å². The molecule has 0 bridgehead atoms. The van der Waals surface area contributed by atoms with Crippen LogP contribution >= 0.6 is 0 Å². The van der Waals surface area contributed by atoms with Gasteiger partial charge in [0, 0.05) is 24.2 Å². The molecule has 6 nitrogen and oxygen atoms in total. The molecular weight excluding hydrogens is 368 g/mol. The van der Waals surface area contributed by atoms with Crippen molar-refractivity contribution in [2.24, 2.45) is 5.92 Å². The Morgan fingerprint density at radius 1 is 1.07 bits per heavy atom. The Balaban J connectivity index is 1.89. The average molecular weight is 396 g/mol. The van der Waals surface area contributed by atoms with Gasteiger partial charge in [0.15, 0.2) is 11.5 Å². The number of ether oxygens (including phenoxy) is 2. The molecule has 0 heterocycles. The topological polar surface area (TPSA) is 76.7 Å². The first-order valence-electron chi connectivity index (χ1n) is 9.59. The molecule has 0 atom stereocenters. The molecule has 0 saturated heterocycles. The van der Waals surface area contributed by atoms with Gasteiger partial charge in [0.25, 0.3) is 0 Å². The van der Waals surface area contributed by atoms with Crippen LogP contribution in [-0.2, 0) is 16.1 Å². The first-order chi connectivity index (χ1) is 13.9. The lowest BCUT2D eigenvalue weighted by atomic mass is 10.1. The third kappa shape index (κ3) is 6.99. The quantitative estimate of drug-likeness (QED) is 0.628. The predicted octanol–water partition coefficient (Wildman–Crippen LogP) is 4.02. The van der Waals surface area contributed by atoms with E-state index in [4.69, 9.17) is 9.47 Å². The molecule has 2 amide bonds. The molecule has 0 aliphatic heterocycles. The fourth-order valence-electron chi connectivity index (χ4n) is 2.48. The molecule has 29 heavy (non-hydrogen) atoms. The van der Waals surface area contributed by atoms with Crippen molar-refractivity contribution >= 4 is 23.6 Å². The maximum atomic E-state index is 12.1. The molecule has 2 aromatic carbocycles. The van der Waals surface area contributed by atoms with Gasteiger partial charge in [0.2, 0.25) is 11.8 Å². The second kappa shape index (κ2) is 10.9. The van der Waals surface area contributed by atoms with Crippen molar-refractivity contribution in [3.63, 3.8) is 0 Å². The van der Waals surface area contributed by atoms with Crippen molar-refractivity contribution in [1.82, 2.24) is 5.32 Å². The van der Waals surface area contributed by atoms with E-state index in [-0.39, 0.29) is 17.7 Å². The number of hydrogen-bond acceptors (Lipinski definition) is 4. The number of carbonyl (C=O) groups excluding carboxylic acids is 2. The van der Waals surface area contributed by atoms with E-state index in [1.54, 1.807) is 13.2 Å². The normalized spacial score (nSPS) is 10.8. The van der Waals surface area contributed by atoms with Crippen LogP contribution in [0, 0.1) is 5.92 Å². The van der Waals surface area contributed by atoms with Crippen molar-refractivity contribution in [2.45, 2.75) is 27.3 Å². The van der Waals surface area contributed by atoms with E-state index < -0.39 is 0 Å². The first kappa shape index (κ1) is 22.0. The Morgan fingerprint density at radius 3 is 2.41 bits per heavy atom. The van der Waals surface area contributed by atoms with Gasteiger partial charge in [-0.05, 0) is 48.4 Å². The summed E-state index contributed by atoms with van der Waals surface area (Å²) in [5, 5.41) is 5.68. The van der Waals surface area contributed by atoms with E-state index in [9.17, 15) is 9.59 Å². The summed E-state index contributed by atoms with van der Waals surface area (Å²) < 4.78 is 10.8. The van der Waals surface area contributed by atoms with Crippen molar-refractivity contribution in [2.75, 3.05) is 19.0 Å². The van der Waals surface area contributed by atoms with Gasteiger partial charge in [-0.2, -0.15) is 0 Å². The van der Waals surface area contributed by atoms with Crippen LogP contribution in [0.15, 0.2) is 48.5 Å². The Hall–Kier alpha value is -3.28. The third-order valence-corrected chi connectivity index (χ3v) is 4.13. The summed E-state index contributed by atoms with van der Waals surface area (Å²) in [6, 6.07) is 12.9. The Labute approximate surface area is 171 Å². The smallest absolute Gasteiger partial charge is 0.244 e. The fraction of sp³-hybridized carbons (Fsp3) is 0.304. The molecular formula is C23H28N2O4. The lowest BCUT2D eigenvalue weighted by molar-refractivity contribution is -0.119. The number of carbonyl (C=O) groups is 2. The van der Waals surface area contributed by atoms with Gasteiger partial charge < -0.3 is 20.1 Å². The van der Waals surface area contributed by atoms with Gasteiger partial charge in [-0.25, -0.2) is 0 Å². The predicted molar refractivity (Wildman–Crippen MR) is 115 cm³/mol. The monoisotopic (exact) mass is 396 g/mol. The van der Waals surface area contributed by atoms with Crippen molar-refractivity contribution in [3.05, 3.63) is 59.7 Å². The van der Waals surface area contributed by atoms with E-state index in [1.807, 2.05) is 63.2 Å². The van der Waals surface area contributed by atoms with Crippen molar-refractivity contribution in [3.8, 4) is 11.5 Å². The van der Waals surface area contributed by atoms with E-state index in [1.165, 1.54) is 6.08 Å². The highest BCUT2D eigenvalue weighted by molar-refractivity contribution is 5.92. The molecule has 6 heteroatoms. The SMILES string of the molecule is CCOc1cc(/C=C/C(=O)NCc2ccc(NC(=O)C(C)C)cc2)ccc1OC. The number of nitrogens with one attached hydrogen (secondary N) is 2. The van der Waals surface area contributed by atoms with E-state index in [2.05, 4.69) is 10.6 Å². The minimum Gasteiger partial charge on any atom is -0.493 e. The van der Waals surface area contributed by atoms with Gasteiger partial charge >= 0.3 is 0 Å². The van der Waals surface area contributed by atoms with Crippen LogP contribution < -0.4 is 20.1 Å². The van der Waals surface area contributed by atoms with Crippen LogP contribution in [0.25, 0.3) is 6.08 Å². The number of hydrogen-bond donors (Lipinski definition) is 2. The summed E-state index contributed by atoms with van der Waals surface area (Å²) in [6.45, 7) is 6.52. The van der Waals surface area contributed by atoms with E-state index in [0.717, 1.165) is 16.8 Å². The van der Waals surface area contributed by atoms with Crippen molar-refractivity contribution in [1.29, 1.82) is 0 Å². The molecule has 0 saturated carbocycles. The number of anilines is 1. The second-order valence-electron chi connectivity index (χ2n) is 6.74. The summed E-state index contributed by atoms with van der Waals surface area (Å²) in [5.41, 5.74) is 2.52. The van der Waals surface area contributed by atoms with Crippen LogP contribution in [0.4, 0.5) is 5.69 Å². The highest BCUT2D eigenvalue weighted by Gasteiger charge is 2.07. The molecule has 0 spiro atoms. The average Bonchev–Trinajstić information content (AvgIpc) is 2.72. The van der Waals surface area contributed by atoms with Crippen molar-refractivity contribution < 1.29 is 19.1 Å². The highest BCUT2D eigenvalue weighted by atomic mass is 16.5. The summed E-state index contributed by atoms with van der Waals surface area (Å²) in [6.07, 6.45) is 3.20. The number of benzene rings is 2. The maximum absolute atomic E-state index is 12.1. The van der Waals surface area contributed by atoms with Gasteiger partial charge in [0.05, 0.1) is 13.7 Å². The molecule has 2 rings (SSSR count). The van der Waals surface area contributed by atoms with Crippen LogP contribution in [0.2, 0.25) is 0 Å². The van der Waals surface area contributed by atoms with Gasteiger partial charge in [0.1, 0.15) is 0 Å². The zero-order valence-electron chi connectivity index (χ0n) is 17.3. The molecule has 0 aliphatic rings. The molecule has 0 aromatic heterocycles. The number of rotatable bonds is 9. The molecule has 154 valence electrons. The van der Waals surface area contributed by atoms with Crippen LogP contribution in [0.1, 0.15) is 31.9 Å².